The predicted molar refractivity (Wildman–Crippen MR) is 52.7 cm³/mol. The van der Waals surface area contributed by atoms with E-state index in [1.807, 2.05) is 0 Å². The average molecular weight is 187 g/mol. The maximum absolute atomic E-state index is 5.64. The number of nitrogens with two attached hydrogens (primary N) is 1. The maximum Gasteiger partial charge on any atom is 0.0813 e. The fourth-order valence-corrected chi connectivity index (χ4v) is 1.54. The molecule has 0 aliphatic carbocycles. The number of hydrogen-bond donors (Lipinski definition) is 1. The SMILES string of the molecule is CCCCOCC1CCC(CN)O1. The minimum absolute atomic E-state index is 0.278. The Morgan fingerprint density at radius 2 is 2.15 bits per heavy atom. The minimum Gasteiger partial charge on any atom is -0.379 e. The number of ether oxygens (including phenoxy) is 2. The summed E-state index contributed by atoms with van der Waals surface area (Å²) in [5.74, 6) is 0. The van der Waals surface area contributed by atoms with Crippen LogP contribution in [0.25, 0.3) is 0 Å². The summed E-state index contributed by atoms with van der Waals surface area (Å²) >= 11 is 0. The van der Waals surface area contributed by atoms with Crippen LogP contribution in [0.2, 0.25) is 0 Å². The van der Waals surface area contributed by atoms with Gasteiger partial charge < -0.3 is 15.2 Å². The second kappa shape index (κ2) is 6.35. The molecule has 13 heavy (non-hydrogen) atoms. The molecule has 0 aromatic carbocycles. The Morgan fingerprint density at radius 1 is 1.38 bits per heavy atom. The van der Waals surface area contributed by atoms with Crippen LogP contribution in [0, 0.1) is 0 Å². The number of hydrogen-bond acceptors (Lipinski definition) is 3. The van der Waals surface area contributed by atoms with E-state index in [9.17, 15) is 0 Å². The highest BCUT2D eigenvalue weighted by atomic mass is 16.5. The van der Waals surface area contributed by atoms with Gasteiger partial charge in [0.15, 0.2) is 0 Å². The smallest absolute Gasteiger partial charge is 0.0813 e. The quantitative estimate of drug-likeness (QED) is 0.638. The van der Waals surface area contributed by atoms with Gasteiger partial charge in [-0.3, -0.25) is 0 Å². The summed E-state index contributed by atoms with van der Waals surface area (Å²) in [6.07, 6.45) is 5.11. The van der Waals surface area contributed by atoms with E-state index in [0.29, 0.717) is 12.6 Å². The second-order valence-electron chi connectivity index (χ2n) is 3.62. The molecule has 0 saturated carbocycles. The molecule has 1 aliphatic rings. The van der Waals surface area contributed by atoms with Crippen LogP contribution < -0.4 is 5.73 Å². The molecule has 1 aliphatic heterocycles. The summed E-state index contributed by atoms with van der Waals surface area (Å²) in [4.78, 5) is 0. The first kappa shape index (κ1) is 11.0. The van der Waals surface area contributed by atoms with Crippen molar-refractivity contribution in [3.63, 3.8) is 0 Å². The first-order chi connectivity index (χ1) is 6.36. The van der Waals surface area contributed by atoms with Crippen molar-refractivity contribution in [3.8, 4) is 0 Å². The molecular formula is C10H21NO2. The van der Waals surface area contributed by atoms with Crippen LogP contribution in [0.3, 0.4) is 0 Å². The first-order valence-corrected chi connectivity index (χ1v) is 5.30. The first-order valence-electron chi connectivity index (χ1n) is 5.30. The molecular weight excluding hydrogens is 166 g/mol. The Bertz CT molecular complexity index is 130. The lowest BCUT2D eigenvalue weighted by atomic mass is 10.2. The zero-order valence-electron chi connectivity index (χ0n) is 8.50. The van der Waals surface area contributed by atoms with E-state index < -0.39 is 0 Å². The second-order valence-corrected chi connectivity index (χ2v) is 3.62. The molecule has 0 spiro atoms. The van der Waals surface area contributed by atoms with Crippen molar-refractivity contribution < 1.29 is 9.47 Å². The van der Waals surface area contributed by atoms with Gasteiger partial charge in [0.2, 0.25) is 0 Å². The third-order valence-corrected chi connectivity index (χ3v) is 2.40. The Balaban J connectivity index is 1.97. The van der Waals surface area contributed by atoms with Crippen LogP contribution >= 0.6 is 0 Å². The largest absolute Gasteiger partial charge is 0.379 e. The fraction of sp³-hybridized carbons (Fsp3) is 1.00. The van der Waals surface area contributed by atoms with E-state index in [1.165, 1.54) is 6.42 Å². The van der Waals surface area contributed by atoms with E-state index >= 15 is 0 Å². The molecule has 0 aromatic heterocycles. The van der Waals surface area contributed by atoms with Crippen molar-refractivity contribution in [2.75, 3.05) is 19.8 Å². The van der Waals surface area contributed by atoms with Crippen LogP contribution in [0.1, 0.15) is 32.6 Å². The van der Waals surface area contributed by atoms with Gasteiger partial charge in [-0.15, -0.1) is 0 Å². The van der Waals surface area contributed by atoms with Gasteiger partial charge in [0.25, 0.3) is 0 Å². The molecule has 1 rings (SSSR count). The Hall–Kier alpha value is -0.120. The molecule has 2 atom stereocenters. The molecule has 0 aromatic rings. The van der Waals surface area contributed by atoms with Crippen molar-refractivity contribution in [1.29, 1.82) is 0 Å². The van der Waals surface area contributed by atoms with Crippen LogP contribution in [0.4, 0.5) is 0 Å². The summed E-state index contributed by atoms with van der Waals surface area (Å²) in [7, 11) is 0. The van der Waals surface area contributed by atoms with Crippen molar-refractivity contribution in [1.82, 2.24) is 0 Å². The molecule has 0 bridgehead atoms. The summed E-state index contributed by atoms with van der Waals surface area (Å²) in [5, 5.41) is 0. The lowest BCUT2D eigenvalue weighted by Gasteiger charge is -2.12. The van der Waals surface area contributed by atoms with Crippen molar-refractivity contribution in [2.24, 2.45) is 5.73 Å². The molecule has 2 N–H and O–H groups in total. The number of rotatable bonds is 6. The minimum atomic E-state index is 0.278. The summed E-state index contributed by atoms with van der Waals surface area (Å²) < 4.78 is 11.1. The van der Waals surface area contributed by atoms with Crippen LogP contribution in [0.5, 0.6) is 0 Å². The standard InChI is InChI=1S/C10H21NO2/c1-2-3-6-12-8-10-5-4-9(7-11)13-10/h9-10H,2-8,11H2,1H3. The Morgan fingerprint density at radius 3 is 2.77 bits per heavy atom. The highest BCUT2D eigenvalue weighted by Gasteiger charge is 2.23. The lowest BCUT2D eigenvalue weighted by molar-refractivity contribution is -0.0124. The molecule has 78 valence electrons. The molecule has 1 saturated heterocycles. The van der Waals surface area contributed by atoms with Gasteiger partial charge in [-0.1, -0.05) is 13.3 Å². The van der Waals surface area contributed by atoms with Gasteiger partial charge in [0.05, 0.1) is 18.8 Å². The summed E-state index contributed by atoms with van der Waals surface area (Å²) in [6, 6.07) is 0. The van der Waals surface area contributed by atoms with Gasteiger partial charge in [-0.05, 0) is 19.3 Å². The fourth-order valence-electron chi connectivity index (χ4n) is 1.54. The molecule has 0 amide bonds. The van der Waals surface area contributed by atoms with E-state index in [0.717, 1.165) is 32.5 Å². The monoisotopic (exact) mass is 187 g/mol. The zero-order valence-corrected chi connectivity index (χ0v) is 8.50. The predicted octanol–water partition coefficient (Wildman–Crippen LogP) is 1.31. The Labute approximate surface area is 80.6 Å². The van der Waals surface area contributed by atoms with Gasteiger partial charge in [-0.2, -0.15) is 0 Å². The molecule has 0 radical (unpaired) electrons. The number of unbranched alkanes of at least 4 members (excludes halogenated alkanes) is 1. The van der Waals surface area contributed by atoms with Gasteiger partial charge >= 0.3 is 0 Å². The zero-order chi connectivity index (χ0) is 9.52. The van der Waals surface area contributed by atoms with E-state index in [2.05, 4.69) is 6.92 Å². The highest BCUT2D eigenvalue weighted by Crippen LogP contribution is 2.18. The molecule has 3 nitrogen and oxygen atoms in total. The third-order valence-electron chi connectivity index (χ3n) is 2.40. The van der Waals surface area contributed by atoms with Crippen molar-refractivity contribution >= 4 is 0 Å². The van der Waals surface area contributed by atoms with Crippen LogP contribution in [-0.2, 0) is 9.47 Å². The Kier molecular flexibility index (Phi) is 5.35. The highest BCUT2D eigenvalue weighted by molar-refractivity contribution is 4.73. The van der Waals surface area contributed by atoms with Gasteiger partial charge in [0, 0.05) is 13.2 Å². The summed E-state index contributed by atoms with van der Waals surface area (Å²) in [5.41, 5.74) is 5.51. The third kappa shape index (κ3) is 4.07. The van der Waals surface area contributed by atoms with E-state index in [1.54, 1.807) is 0 Å². The normalized spacial score (nSPS) is 28.2. The van der Waals surface area contributed by atoms with Gasteiger partial charge in [0.1, 0.15) is 0 Å². The molecule has 3 heteroatoms. The van der Waals surface area contributed by atoms with E-state index in [4.69, 9.17) is 15.2 Å². The van der Waals surface area contributed by atoms with E-state index in [-0.39, 0.29) is 6.10 Å². The lowest BCUT2D eigenvalue weighted by Crippen LogP contribution is -2.22. The van der Waals surface area contributed by atoms with Crippen LogP contribution in [-0.4, -0.2) is 32.0 Å². The molecule has 2 unspecified atom stereocenters. The van der Waals surface area contributed by atoms with Gasteiger partial charge in [-0.25, -0.2) is 0 Å². The molecule has 1 heterocycles. The van der Waals surface area contributed by atoms with Crippen molar-refractivity contribution in [3.05, 3.63) is 0 Å². The topological polar surface area (TPSA) is 44.5 Å². The summed E-state index contributed by atoms with van der Waals surface area (Å²) in [6.45, 7) is 4.42. The molecule has 1 fully saturated rings. The van der Waals surface area contributed by atoms with Crippen LogP contribution in [0.15, 0.2) is 0 Å². The average Bonchev–Trinajstić information content (AvgIpc) is 2.60. The van der Waals surface area contributed by atoms with Crippen molar-refractivity contribution in [2.45, 2.75) is 44.8 Å². The maximum atomic E-state index is 5.64.